The van der Waals surface area contributed by atoms with E-state index in [1.807, 2.05) is 22.7 Å². The first-order chi connectivity index (χ1) is 22.0. The van der Waals surface area contributed by atoms with Gasteiger partial charge in [-0.1, -0.05) is 122 Å². The quantitative estimate of drug-likeness (QED) is 0.151. The Morgan fingerprint density at radius 1 is 0.467 bits per heavy atom. The van der Waals surface area contributed by atoms with Crippen LogP contribution in [0.3, 0.4) is 0 Å². The molecule has 2 aliphatic heterocycles. The van der Waals surface area contributed by atoms with Crippen LogP contribution in [0.2, 0.25) is 0 Å². The van der Waals surface area contributed by atoms with Crippen LogP contribution < -0.4 is 16.4 Å². The van der Waals surface area contributed by atoms with Gasteiger partial charge in [0.1, 0.15) is 0 Å². The zero-order valence-electron chi connectivity index (χ0n) is 25.3. The molecule has 45 heavy (non-hydrogen) atoms. The Labute approximate surface area is 269 Å². The maximum Gasteiger partial charge on any atom is 0.244 e. The fourth-order valence-corrected chi connectivity index (χ4v) is 11.0. The van der Waals surface area contributed by atoms with Crippen LogP contribution in [0.15, 0.2) is 109 Å². The second-order valence-corrected chi connectivity index (χ2v) is 16.1. The lowest BCUT2D eigenvalue weighted by molar-refractivity contribution is 0.591. The van der Waals surface area contributed by atoms with Gasteiger partial charge >= 0.3 is 0 Å². The summed E-state index contributed by atoms with van der Waals surface area (Å²) in [6.07, 6.45) is 0. The maximum absolute atomic E-state index is 2.54. The minimum absolute atomic E-state index is 0.0194. The first-order valence-corrected chi connectivity index (χ1v) is 17.5. The average Bonchev–Trinajstić information content (AvgIpc) is 3.62. The normalized spacial score (nSPS) is 13.6. The van der Waals surface area contributed by atoms with Gasteiger partial charge in [-0.3, -0.25) is 0 Å². The van der Waals surface area contributed by atoms with Gasteiger partial charge in [0.25, 0.3) is 0 Å². The van der Waals surface area contributed by atoms with E-state index in [0.717, 1.165) is 0 Å². The zero-order chi connectivity index (χ0) is 29.8. The lowest BCUT2D eigenvalue weighted by Gasteiger charge is -2.36. The first-order valence-electron chi connectivity index (χ1n) is 15.9. The Balaban J connectivity index is 1.38. The predicted molar refractivity (Wildman–Crippen MR) is 201 cm³/mol. The molecule has 0 nitrogen and oxygen atoms in total. The summed E-state index contributed by atoms with van der Waals surface area (Å²) in [5.74, 6) is 0. The van der Waals surface area contributed by atoms with Crippen molar-refractivity contribution in [2.75, 3.05) is 0 Å². The van der Waals surface area contributed by atoms with E-state index in [1.165, 1.54) is 106 Å². The maximum atomic E-state index is 2.54. The average molecular weight is 607 g/mol. The lowest BCUT2D eigenvalue weighted by Crippen LogP contribution is -2.57. The fourth-order valence-electron chi connectivity index (χ4n) is 8.60. The predicted octanol–water partition coefficient (Wildman–Crippen LogP) is 10.5. The molecule has 11 rings (SSSR count). The van der Waals surface area contributed by atoms with Crippen molar-refractivity contribution in [3.8, 4) is 22.3 Å². The number of hydrogen-bond acceptors (Lipinski definition) is 2. The molecule has 0 atom stereocenters. The molecule has 0 aliphatic carbocycles. The Morgan fingerprint density at radius 2 is 0.933 bits per heavy atom. The summed E-state index contributed by atoms with van der Waals surface area (Å²) in [6, 6.07) is 42.2. The summed E-state index contributed by atoms with van der Waals surface area (Å²) >= 11 is 3.89. The molecule has 0 saturated heterocycles. The molecule has 0 N–H and O–H groups in total. The van der Waals surface area contributed by atoms with Crippen LogP contribution in [0.1, 0.15) is 26.3 Å². The molecule has 0 unspecified atom stereocenters. The number of rotatable bonds is 0. The molecule has 2 aromatic heterocycles. The molecule has 0 spiro atoms. The van der Waals surface area contributed by atoms with E-state index in [1.54, 1.807) is 0 Å². The zero-order valence-corrected chi connectivity index (χ0v) is 26.9. The van der Waals surface area contributed by atoms with Gasteiger partial charge in [-0.25, -0.2) is 0 Å². The van der Waals surface area contributed by atoms with Crippen LogP contribution in [0.25, 0.3) is 84.1 Å². The van der Waals surface area contributed by atoms with E-state index in [4.69, 9.17) is 0 Å². The topological polar surface area (TPSA) is 0 Å². The van der Waals surface area contributed by atoms with E-state index < -0.39 is 0 Å². The van der Waals surface area contributed by atoms with Gasteiger partial charge in [0, 0.05) is 40.3 Å². The third-order valence-corrected chi connectivity index (χ3v) is 13.0. The molecule has 0 bridgehead atoms. The van der Waals surface area contributed by atoms with Crippen LogP contribution >= 0.6 is 22.7 Å². The van der Waals surface area contributed by atoms with E-state index in [9.17, 15) is 0 Å². The summed E-state index contributed by atoms with van der Waals surface area (Å²) in [5, 5.41) is 11.2. The van der Waals surface area contributed by atoms with Crippen molar-refractivity contribution in [2.24, 2.45) is 0 Å². The number of fused-ring (bicyclic) bond motifs is 12. The summed E-state index contributed by atoms with van der Waals surface area (Å²) in [4.78, 5) is 0. The molecule has 4 heterocycles. The second-order valence-electron chi connectivity index (χ2n) is 14.0. The van der Waals surface area contributed by atoms with Crippen molar-refractivity contribution in [1.82, 2.24) is 0 Å². The Bertz CT molecular complexity index is 2620. The molecule has 0 radical (unpaired) electrons. The Kier molecular flexibility index (Phi) is 4.54. The van der Waals surface area contributed by atoms with Gasteiger partial charge in [-0.2, -0.15) is 0 Å². The molecular weight excluding hydrogens is 579 g/mol. The minimum Gasteiger partial charge on any atom is -0.135 e. The smallest absolute Gasteiger partial charge is 0.135 e. The van der Waals surface area contributed by atoms with Gasteiger partial charge in [-0.15, -0.1) is 22.7 Å². The van der Waals surface area contributed by atoms with Crippen molar-refractivity contribution in [3.05, 3.63) is 115 Å². The second kappa shape index (κ2) is 8.23. The Morgan fingerprint density at radius 3 is 1.42 bits per heavy atom. The highest BCUT2D eigenvalue weighted by Gasteiger charge is 2.40. The molecule has 3 heteroatoms. The van der Waals surface area contributed by atoms with Crippen LogP contribution in [0, 0.1) is 0 Å². The van der Waals surface area contributed by atoms with Crippen LogP contribution in [0.4, 0.5) is 0 Å². The highest BCUT2D eigenvalue weighted by molar-refractivity contribution is 7.27. The molecular formula is C42H27BS2. The van der Waals surface area contributed by atoms with E-state index in [-0.39, 0.29) is 12.1 Å². The monoisotopic (exact) mass is 606 g/mol. The Hall–Kier alpha value is -4.44. The molecule has 2 aliphatic rings. The van der Waals surface area contributed by atoms with E-state index >= 15 is 0 Å². The largest absolute Gasteiger partial charge is 0.244 e. The van der Waals surface area contributed by atoms with Crippen LogP contribution in [0.5, 0.6) is 0 Å². The van der Waals surface area contributed by atoms with Crippen molar-refractivity contribution in [3.63, 3.8) is 0 Å². The van der Waals surface area contributed by atoms with Crippen molar-refractivity contribution < 1.29 is 0 Å². The number of benzene rings is 7. The molecule has 9 aromatic rings. The summed E-state index contributed by atoms with van der Waals surface area (Å²) < 4.78 is 5.55. The SMILES string of the molecule is CC(C)(C)c1cc2c3c(c1)-c1cc4c5ccccc5sc4c4cccc(c14)B3c1cccc3c1c-2cc1c2ccccc2sc31. The van der Waals surface area contributed by atoms with Crippen molar-refractivity contribution in [2.45, 2.75) is 26.2 Å². The lowest BCUT2D eigenvalue weighted by atomic mass is 9.31. The minimum atomic E-state index is 0.0194. The van der Waals surface area contributed by atoms with E-state index in [0.29, 0.717) is 0 Å². The van der Waals surface area contributed by atoms with Gasteiger partial charge in [0.05, 0.1) is 0 Å². The number of thiophene rings is 2. The van der Waals surface area contributed by atoms with Crippen LogP contribution in [-0.2, 0) is 5.41 Å². The van der Waals surface area contributed by atoms with E-state index in [2.05, 4.69) is 130 Å². The fraction of sp³-hybridized carbons (Fsp3) is 0.0952. The number of hydrogen-bond donors (Lipinski definition) is 0. The molecule has 0 saturated carbocycles. The van der Waals surface area contributed by atoms with Gasteiger partial charge < -0.3 is 0 Å². The van der Waals surface area contributed by atoms with Gasteiger partial charge in [0.15, 0.2) is 0 Å². The third kappa shape index (κ3) is 3.04. The third-order valence-electron chi connectivity index (χ3n) is 10.6. The van der Waals surface area contributed by atoms with Crippen LogP contribution in [-0.4, -0.2) is 6.71 Å². The molecule has 0 amide bonds. The first kappa shape index (κ1) is 24.8. The summed E-state index contributed by atoms with van der Waals surface area (Å²) in [5.41, 5.74) is 11.4. The van der Waals surface area contributed by atoms with Gasteiger partial charge in [-0.05, 0) is 79.0 Å². The molecule has 210 valence electrons. The highest BCUT2D eigenvalue weighted by atomic mass is 32.1. The molecule has 0 fully saturated rings. The van der Waals surface area contributed by atoms with Gasteiger partial charge in [0.2, 0.25) is 6.71 Å². The summed E-state index contributed by atoms with van der Waals surface area (Å²) in [6.45, 7) is 7.30. The highest BCUT2D eigenvalue weighted by Crippen LogP contribution is 2.48. The molecule has 7 aromatic carbocycles. The van der Waals surface area contributed by atoms with Crippen molar-refractivity contribution in [1.29, 1.82) is 0 Å². The standard InChI is InChI=1S/C42H27BS2/c1-42(2,3)22-18-29-27-20-31-23-10-4-6-16-35(23)44-40(31)25-12-8-14-33(37(25)27)43-34-15-9-13-26-38(34)28(30(19-22)39(29)43)21-32-24-11-5-7-17-36(24)45-41(26)32/h4-21H,1-3H3. The van der Waals surface area contributed by atoms with Crippen molar-refractivity contribution >= 4 is 108 Å². The summed E-state index contributed by atoms with van der Waals surface area (Å²) in [7, 11) is 0.